The highest BCUT2D eigenvalue weighted by Crippen LogP contribution is 2.27. The van der Waals surface area contributed by atoms with Crippen LogP contribution in [-0.4, -0.2) is 51.2 Å². The van der Waals surface area contributed by atoms with Crippen LogP contribution >= 0.6 is 0 Å². The number of H-pyrrole nitrogens is 1. The average Bonchev–Trinajstić information content (AvgIpc) is 3.08. The number of pyridine rings is 1. The van der Waals surface area contributed by atoms with Crippen LogP contribution in [0.15, 0.2) is 54.9 Å². The fourth-order valence-corrected chi connectivity index (χ4v) is 4.37. The second kappa shape index (κ2) is 7.71. The number of amides is 1. The van der Waals surface area contributed by atoms with Crippen LogP contribution in [0.25, 0.3) is 21.7 Å². The summed E-state index contributed by atoms with van der Waals surface area (Å²) >= 11 is 0. The molecule has 1 fully saturated rings. The molecule has 3 heterocycles. The van der Waals surface area contributed by atoms with Crippen LogP contribution in [0, 0.1) is 13.8 Å². The summed E-state index contributed by atoms with van der Waals surface area (Å²) in [5, 5.41) is 13.9. The molecule has 31 heavy (non-hydrogen) atoms. The molecule has 0 spiro atoms. The van der Waals surface area contributed by atoms with Gasteiger partial charge < -0.3 is 19.7 Å². The maximum atomic E-state index is 13.2. The molecule has 1 aliphatic heterocycles. The smallest absolute Gasteiger partial charge is 0.256 e. The molecule has 0 radical (unpaired) electrons. The maximum Gasteiger partial charge on any atom is 0.256 e. The lowest BCUT2D eigenvalue weighted by molar-refractivity contribution is -0.0197. The molecular weight excluding hydrogens is 390 g/mol. The Hall–Kier alpha value is -3.38. The van der Waals surface area contributed by atoms with E-state index in [2.05, 4.69) is 16.9 Å². The van der Waals surface area contributed by atoms with Gasteiger partial charge in [0.2, 0.25) is 0 Å². The Kier molecular flexibility index (Phi) is 4.87. The molecule has 5 rings (SSSR count). The quantitative estimate of drug-likeness (QED) is 0.530. The van der Waals surface area contributed by atoms with Gasteiger partial charge in [0.05, 0.1) is 17.6 Å². The largest absolute Gasteiger partial charge is 0.488 e. The van der Waals surface area contributed by atoms with Gasteiger partial charge in [-0.3, -0.25) is 9.78 Å². The Morgan fingerprint density at radius 3 is 2.90 bits per heavy atom. The molecule has 1 saturated heterocycles. The van der Waals surface area contributed by atoms with Crippen molar-refractivity contribution in [3.63, 3.8) is 0 Å². The van der Waals surface area contributed by atoms with Gasteiger partial charge in [-0.1, -0.05) is 18.2 Å². The third kappa shape index (κ3) is 3.53. The number of aliphatic hydroxyl groups excluding tert-OH is 1. The van der Waals surface area contributed by atoms with E-state index in [9.17, 15) is 9.90 Å². The monoisotopic (exact) mass is 415 g/mol. The van der Waals surface area contributed by atoms with Gasteiger partial charge >= 0.3 is 0 Å². The summed E-state index contributed by atoms with van der Waals surface area (Å²) < 4.78 is 6.08. The summed E-state index contributed by atoms with van der Waals surface area (Å²) in [7, 11) is 0. The molecule has 6 heteroatoms. The van der Waals surface area contributed by atoms with Gasteiger partial charge in [-0.2, -0.15) is 0 Å². The number of aliphatic hydroxyl groups is 1. The zero-order valence-corrected chi connectivity index (χ0v) is 17.6. The molecule has 2 N–H and O–H groups in total. The fraction of sp³-hybridized carbons (Fsp3) is 0.280. The number of aromatic amines is 1. The van der Waals surface area contributed by atoms with Crippen molar-refractivity contribution in [1.82, 2.24) is 14.9 Å². The molecular formula is C25H25N3O3. The van der Waals surface area contributed by atoms with Crippen LogP contribution in [0.3, 0.4) is 0 Å². The molecule has 0 aliphatic carbocycles. The van der Waals surface area contributed by atoms with E-state index in [0.717, 1.165) is 32.9 Å². The Morgan fingerprint density at radius 2 is 2.06 bits per heavy atom. The average molecular weight is 415 g/mol. The molecule has 1 amide bonds. The van der Waals surface area contributed by atoms with E-state index in [1.165, 1.54) is 0 Å². The normalized spacial score (nSPS) is 19.1. The molecule has 0 bridgehead atoms. The van der Waals surface area contributed by atoms with Crippen LogP contribution in [-0.2, 0) is 0 Å². The molecule has 1 aliphatic rings. The topological polar surface area (TPSA) is 78.5 Å². The Balaban J connectivity index is 1.31. The summed E-state index contributed by atoms with van der Waals surface area (Å²) in [6.45, 7) is 4.84. The highest BCUT2D eigenvalue weighted by atomic mass is 16.5. The third-order valence-electron chi connectivity index (χ3n) is 6.28. The van der Waals surface area contributed by atoms with Gasteiger partial charge in [0.1, 0.15) is 18.0 Å². The zero-order valence-electron chi connectivity index (χ0n) is 17.6. The highest BCUT2D eigenvalue weighted by molar-refractivity contribution is 6.06. The predicted molar refractivity (Wildman–Crippen MR) is 120 cm³/mol. The number of hydrogen-bond acceptors (Lipinski definition) is 4. The zero-order chi connectivity index (χ0) is 21.5. The molecule has 4 aromatic rings. The molecule has 158 valence electrons. The van der Waals surface area contributed by atoms with Crippen molar-refractivity contribution >= 4 is 27.6 Å². The molecule has 6 nitrogen and oxygen atoms in total. The standard InChI is InChI=1S/C25H25N3O3/c1-15-16(2)27-24-20(15)4-3-5-21(24)25(30)28-11-9-23(22(29)14-28)31-19-7-6-17-8-10-26-13-18(17)12-19/h3-8,10,12-13,22-23,27,29H,9,11,14H2,1-2H3/t22-,23-/m1/s1. The number of para-hydroxylation sites is 1. The number of benzene rings is 2. The van der Waals surface area contributed by atoms with Crippen molar-refractivity contribution in [1.29, 1.82) is 0 Å². The van der Waals surface area contributed by atoms with Gasteiger partial charge in [-0.25, -0.2) is 0 Å². The number of ether oxygens (including phenoxy) is 1. The first kappa shape index (κ1) is 19.6. The highest BCUT2D eigenvalue weighted by Gasteiger charge is 2.32. The van der Waals surface area contributed by atoms with Crippen molar-refractivity contribution in [2.75, 3.05) is 13.1 Å². The molecule has 2 aromatic heterocycles. The van der Waals surface area contributed by atoms with Crippen molar-refractivity contribution in [3.05, 3.63) is 71.7 Å². The first-order valence-corrected chi connectivity index (χ1v) is 10.6. The molecule has 0 saturated carbocycles. The van der Waals surface area contributed by atoms with E-state index in [1.807, 2.05) is 49.4 Å². The summed E-state index contributed by atoms with van der Waals surface area (Å²) in [5.41, 5.74) is 3.72. The van der Waals surface area contributed by atoms with E-state index >= 15 is 0 Å². The van der Waals surface area contributed by atoms with Gasteiger partial charge in [0, 0.05) is 41.8 Å². The first-order chi connectivity index (χ1) is 15.0. The lowest BCUT2D eigenvalue weighted by atomic mass is 10.0. The first-order valence-electron chi connectivity index (χ1n) is 10.6. The van der Waals surface area contributed by atoms with Crippen molar-refractivity contribution in [2.45, 2.75) is 32.5 Å². The Bertz CT molecular complexity index is 1280. The van der Waals surface area contributed by atoms with Gasteiger partial charge in [0.25, 0.3) is 5.91 Å². The number of likely N-dealkylation sites (tertiary alicyclic amines) is 1. The third-order valence-corrected chi connectivity index (χ3v) is 6.28. The van der Waals surface area contributed by atoms with Crippen LogP contribution in [0.4, 0.5) is 0 Å². The summed E-state index contributed by atoms with van der Waals surface area (Å²) in [6.07, 6.45) is 3.01. The predicted octanol–water partition coefficient (Wildman–Crippen LogP) is 3.99. The van der Waals surface area contributed by atoms with Crippen LogP contribution in [0.5, 0.6) is 5.75 Å². The van der Waals surface area contributed by atoms with Crippen molar-refractivity contribution in [3.8, 4) is 5.75 Å². The van der Waals surface area contributed by atoms with E-state index in [1.54, 1.807) is 17.3 Å². The van der Waals surface area contributed by atoms with E-state index in [0.29, 0.717) is 24.3 Å². The lowest BCUT2D eigenvalue weighted by Crippen LogP contribution is -2.51. The molecule has 2 atom stereocenters. The number of rotatable bonds is 3. The number of nitrogens with zero attached hydrogens (tertiary/aromatic N) is 2. The minimum Gasteiger partial charge on any atom is -0.488 e. The number of fused-ring (bicyclic) bond motifs is 2. The Labute approximate surface area is 180 Å². The number of carbonyl (C=O) groups excluding carboxylic acids is 1. The molecule has 0 unspecified atom stereocenters. The fourth-order valence-electron chi connectivity index (χ4n) is 4.37. The van der Waals surface area contributed by atoms with Gasteiger partial charge in [-0.05, 0) is 49.1 Å². The van der Waals surface area contributed by atoms with Crippen LogP contribution in [0.1, 0.15) is 28.0 Å². The minimum absolute atomic E-state index is 0.0684. The number of β-amino-alcohol motifs (C(OH)–C–C–N with tert-alkyl or cyclic N) is 1. The number of aryl methyl sites for hydroxylation is 2. The van der Waals surface area contributed by atoms with Gasteiger partial charge in [-0.15, -0.1) is 0 Å². The lowest BCUT2D eigenvalue weighted by Gasteiger charge is -2.36. The number of carbonyl (C=O) groups is 1. The molecule has 2 aromatic carbocycles. The van der Waals surface area contributed by atoms with Crippen molar-refractivity contribution < 1.29 is 14.6 Å². The summed E-state index contributed by atoms with van der Waals surface area (Å²) in [5.74, 6) is 0.632. The van der Waals surface area contributed by atoms with Crippen molar-refractivity contribution in [2.24, 2.45) is 0 Å². The van der Waals surface area contributed by atoms with Gasteiger partial charge in [0.15, 0.2) is 0 Å². The van der Waals surface area contributed by atoms with E-state index in [-0.39, 0.29) is 18.6 Å². The second-order valence-electron chi connectivity index (χ2n) is 8.25. The van der Waals surface area contributed by atoms with E-state index in [4.69, 9.17) is 4.74 Å². The number of nitrogens with one attached hydrogen (secondary N) is 1. The Morgan fingerprint density at radius 1 is 1.19 bits per heavy atom. The van der Waals surface area contributed by atoms with Crippen LogP contribution < -0.4 is 4.74 Å². The number of aromatic nitrogens is 2. The summed E-state index contributed by atoms with van der Waals surface area (Å²) in [6, 6.07) is 13.6. The van der Waals surface area contributed by atoms with Crippen LogP contribution in [0.2, 0.25) is 0 Å². The van der Waals surface area contributed by atoms with E-state index < -0.39 is 6.10 Å². The maximum absolute atomic E-state index is 13.2. The summed E-state index contributed by atoms with van der Waals surface area (Å²) in [4.78, 5) is 22.4. The minimum atomic E-state index is -0.756. The SMILES string of the molecule is Cc1[nH]c2c(C(=O)N3CC[C@@H](Oc4ccc5ccncc5c4)[C@H](O)C3)cccc2c1C. The number of hydrogen-bond donors (Lipinski definition) is 2. The number of piperidine rings is 1. The second-order valence-corrected chi connectivity index (χ2v) is 8.25.